The van der Waals surface area contributed by atoms with Crippen LogP contribution in [-0.2, 0) is 16.6 Å². The maximum absolute atomic E-state index is 11.5. The van der Waals surface area contributed by atoms with Gasteiger partial charge in [-0.3, -0.25) is 0 Å². The molecule has 3 aliphatic rings. The molecule has 1 aliphatic heterocycles. The van der Waals surface area contributed by atoms with E-state index in [2.05, 4.69) is 0 Å². The molecule has 1 heterocycles. The Labute approximate surface area is 214 Å². The van der Waals surface area contributed by atoms with Crippen molar-refractivity contribution in [1.82, 2.24) is 0 Å². The number of halogens is 1. The van der Waals surface area contributed by atoms with Crippen LogP contribution < -0.4 is 4.74 Å². The quantitative estimate of drug-likeness (QED) is 0.330. The van der Waals surface area contributed by atoms with Crippen molar-refractivity contribution < 1.29 is 40.1 Å². The molecular weight excluding hydrogens is 488 g/mol. The van der Waals surface area contributed by atoms with Crippen LogP contribution in [0.1, 0.15) is 36.5 Å². The van der Waals surface area contributed by atoms with Crippen molar-refractivity contribution in [1.29, 1.82) is 0 Å². The van der Waals surface area contributed by atoms with Crippen LogP contribution in [0.3, 0.4) is 0 Å². The van der Waals surface area contributed by atoms with Crippen molar-refractivity contribution in [2.75, 3.05) is 13.2 Å². The molecule has 4 unspecified atom stereocenters. The first-order valence-electron chi connectivity index (χ1n) is 12.3. The van der Waals surface area contributed by atoms with Gasteiger partial charge in [0.2, 0.25) is 0 Å². The number of rotatable bonds is 6. The Morgan fingerprint density at radius 1 is 1.06 bits per heavy atom. The summed E-state index contributed by atoms with van der Waals surface area (Å²) in [5, 5.41) is 66.2. The third kappa shape index (κ3) is 3.78. The van der Waals surface area contributed by atoms with E-state index < -0.39 is 47.5 Å². The van der Waals surface area contributed by atoms with Gasteiger partial charge in [-0.05, 0) is 54.7 Å². The lowest BCUT2D eigenvalue weighted by Crippen LogP contribution is -2.70. The lowest BCUT2D eigenvalue weighted by molar-refractivity contribution is -0.232. The van der Waals surface area contributed by atoms with E-state index in [0.717, 1.165) is 17.7 Å². The predicted molar refractivity (Wildman–Crippen MR) is 131 cm³/mol. The topological polar surface area (TPSA) is 140 Å². The van der Waals surface area contributed by atoms with Crippen molar-refractivity contribution in [2.24, 2.45) is 5.41 Å². The standard InChI is InChI=1S/C27H33ClO8/c1-14(29)26-12-21(30)27(25(26)34,24(33)22(31)23(26)32)17-4-7-20(28)16(11-17)10-15-2-5-18(6-3-15)36-19-8-9-35-13-19/h2-7,11,14,19,21-25,29-34H,8-10,12-13H2,1H3/t14?,19?,21?,22-,23+,24-,25?,26-,27+/m0/s1. The number of hydrogen-bond donors (Lipinski definition) is 6. The molecule has 9 heteroatoms. The zero-order valence-corrected chi connectivity index (χ0v) is 20.8. The molecule has 2 aromatic carbocycles. The summed E-state index contributed by atoms with van der Waals surface area (Å²) in [6.07, 6.45) is -7.88. The smallest absolute Gasteiger partial charge is 0.124 e. The van der Waals surface area contributed by atoms with Crippen LogP contribution in [0.15, 0.2) is 42.5 Å². The Balaban J connectivity index is 1.46. The second-order valence-electron chi connectivity index (χ2n) is 10.5. The molecule has 0 radical (unpaired) electrons. The summed E-state index contributed by atoms with van der Waals surface area (Å²) in [5.74, 6) is 0.748. The summed E-state index contributed by atoms with van der Waals surface area (Å²) in [6, 6.07) is 12.6. The Kier molecular flexibility index (Phi) is 6.85. The van der Waals surface area contributed by atoms with E-state index in [0.29, 0.717) is 35.8 Å². The number of ether oxygens (including phenoxy) is 2. The normalized spacial score (nSPS) is 38.8. The highest BCUT2D eigenvalue weighted by Crippen LogP contribution is 2.61. The summed E-state index contributed by atoms with van der Waals surface area (Å²) < 4.78 is 11.3. The first kappa shape index (κ1) is 25.9. The number of fused-ring (bicyclic) bond motifs is 2. The molecule has 0 spiro atoms. The van der Waals surface area contributed by atoms with E-state index in [4.69, 9.17) is 21.1 Å². The van der Waals surface area contributed by atoms with E-state index in [1.165, 1.54) is 6.92 Å². The number of benzene rings is 2. The van der Waals surface area contributed by atoms with Crippen LogP contribution in [0.4, 0.5) is 0 Å². The zero-order valence-electron chi connectivity index (χ0n) is 20.0. The third-order valence-electron chi connectivity index (χ3n) is 8.58. The lowest BCUT2D eigenvalue weighted by Gasteiger charge is -2.53. The van der Waals surface area contributed by atoms with Gasteiger partial charge < -0.3 is 40.1 Å². The molecule has 9 atom stereocenters. The number of aliphatic hydroxyl groups excluding tert-OH is 6. The first-order valence-corrected chi connectivity index (χ1v) is 12.7. The van der Waals surface area contributed by atoms with E-state index >= 15 is 0 Å². The Hall–Kier alpha value is -1.75. The minimum atomic E-state index is -1.71. The summed E-state index contributed by atoms with van der Waals surface area (Å²) in [7, 11) is 0. The largest absolute Gasteiger partial charge is 0.488 e. The fraction of sp³-hybridized carbons (Fsp3) is 0.556. The SMILES string of the molecule is CC(O)[C@]12CC(O)[C@@](c3ccc(Cl)c(Cc4ccc(OC5CCOC5)cc4)c3)(C1O)[C@@H](O)[C@@H](O)[C@H]2O. The van der Waals surface area contributed by atoms with Crippen molar-refractivity contribution in [2.45, 2.75) is 74.3 Å². The molecule has 36 heavy (non-hydrogen) atoms. The number of aliphatic hydroxyl groups is 6. The second-order valence-corrected chi connectivity index (χ2v) is 10.9. The predicted octanol–water partition coefficient (Wildman–Crippen LogP) is 0.925. The average Bonchev–Trinajstić information content (AvgIpc) is 3.43. The Morgan fingerprint density at radius 3 is 2.42 bits per heavy atom. The third-order valence-corrected chi connectivity index (χ3v) is 8.95. The number of hydrogen-bond acceptors (Lipinski definition) is 8. The van der Waals surface area contributed by atoms with Gasteiger partial charge in [0, 0.05) is 11.4 Å². The molecule has 2 aromatic rings. The molecule has 6 N–H and O–H groups in total. The summed E-state index contributed by atoms with van der Waals surface area (Å²) in [4.78, 5) is 0. The van der Waals surface area contributed by atoms with Crippen molar-refractivity contribution in [3.8, 4) is 5.75 Å². The van der Waals surface area contributed by atoms with Crippen LogP contribution in [0.25, 0.3) is 0 Å². The molecule has 1 saturated heterocycles. The molecule has 3 fully saturated rings. The molecule has 8 nitrogen and oxygen atoms in total. The highest BCUT2D eigenvalue weighted by atomic mass is 35.5. The van der Waals surface area contributed by atoms with Gasteiger partial charge in [0.15, 0.2) is 0 Å². The maximum atomic E-state index is 11.5. The van der Waals surface area contributed by atoms with Crippen LogP contribution in [0.2, 0.25) is 5.02 Å². The molecule has 0 amide bonds. The second kappa shape index (κ2) is 9.53. The minimum absolute atomic E-state index is 0.0510. The minimum Gasteiger partial charge on any atom is -0.488 e. The Bertz CT molecular complexity index is 1090. The van der Waals surface area contributed by atoms with Gasteiger partial charge >= 0.3 is 0 Å². The van der Waals surface area contributed by atoms with Gasteiger partial charge in [0.1, 0.15) is 18.0 Å². The van der Waals surface area contributed by atoms with Crippen LogP contribution in [0, 0.1) is 5.41 Å². The summed E-state index contributed by atoms with van der Waals surface area (Å²) in [5.41, 5.74) is -1.28. The van der Waals surface area contributed by atoms with Crippen LogP contribution in [0.5, 0.6) is 5.75 Å². The molecule has 0 aromatic heterocycles. The summed E-state index contributed by atoms with van der Waals surface area (Å²) in [6.45, 7) is 2.68. The van der Waals surface area contributed by atoms with E-state index in [-0.39, 0.29) is 12.5 Å². The summed E-state index contributed by atoms with van der Waals surface area (Å²) >= 11 is 6.51. The van der Waals surface area contributed by atoms with E-state index in [1.54, 1.807) is 18.2 Å². The van der Waals surface area contributed by atoms with Gasteiger partial charge in [-0.2, -0.15) is 0 Å². The highest BCUT2D eigenvalue weighted by molar-refractivity contribution is 6.31. The molecule has 2 bridgehead atoms. The van der Waals surface area contributed by atoms with Crippen molar-refractivity contribution in [3.63, 3.8) is 0 Å². The highest BCUT2D eigenvalue weighted by Gasteiger charge is 2.75. The van der Waals surface area contributed by atoms with Crippen molar-refractivity contribution >= 4 is 11.6 Å². The fourth-order valence-corrected chi connectivity index (χ4v) is 6.69. The molecule has 5 rings (SSSR count). The van der Waals surface area contributed by atoms with E-state index in [9.17, 15) is 30.6 Å². The van der Waals surface area contributed by atoms with Gasteiger partial charge in [-0.15, -0.1) is 0 Å². The van der Waals surface area contributed by atoms with Gasteiger partial charge in [0.25, 0.3) is 0 Å². The average molecular weight is 521 g/mol. The lowest BCUT2D eigenvalue weighted by atomic mass is 9.58. The van der Waals surface area contributed by atoms with Crippen molar-refractivity contribution in [3.05, 3.63) is 64.2 Å². The fourth-order valence-electron chi connectivity index (χ4n) is 6.51. The maximum Gasteiger partial charge on any atom is 0.124 e. The molecule has 2 aliphatic carbocycles. The van der Waals surface area contributed by atoms with Gasteiger partial charge in [-0.25, -0.2) is 0 Å². The van der Waals surface area contributed by atoms with Gasteiger partial charge in [0.05, 0.1) is 54.6 Å². The monoisotopic (exact) mass is 520 g/mol. The molecule has 196 valence electrons. The van der Waals surface area contributed by atoms with Crippen LogP contribution >= 0.6 is 11.6 Å². The molecule has 2 saturated carbocycles. The van der Waals surface area contributed by atoms with Gasteiger partial charge in [-0.1, -0.05) is 35.9 Å². The Morgan fingerprint density at radius 2 is 1.78 bits per heavy atom. The van der Waals surface area contributed by atoms with E-state index in [1.807, 2.05) is 24.3 Å². The first-order chi connectivity index (χ1) is 17.1. The van der Waals surface area contributed by atoms with Crippen LogP contribution in [-0.4, -0.2) is 86.6 Å². The molecular formula is C27H33ClO8. The zero-order chi connectivity index (χ0) is 25.8.